The topological polar surface area (TPSA) is 52.6 Å². The van der Waals surface area contributed by atoms with Crippen LogP contribution in [0, 0.1) is 5.82 Å². The number of hydrogen-bond donors (Lipinski definition) is 2. The smallest absolute Gasteiger partial charge is 0.220 e. The Morgan fingerprint density at radius 3 is 2.64 bits per heavy atom. The summed E-state index contributed by atoms with van der Waals surface area (Å²) in [5.41, 5.74) is 1.36. The molecule has 1 aromatic carbocycles. The highest BCUT2D eigenvalue weighted by molar-refractivity contribution is 5.75. The standard InChI is InChI=1S/C20H31FN2O2/c1-2-3-4-5-6-7-20(25)22-15-16-8-9-19(18(21)14-16)23-12-10-17(24)11-13-23/h8-9,14,17,24H,2-7,10-13,15H2,1H3,(H,22,25). The predicted molar refractivity (Wildman–Crippen MR) is 99.1 cm³/mol. The van der Waals surface area contributed by atoms with Crippen molar-refractivity contribution in [2.75, 3.05) is 18.0 Å². The van der Waals surface area contributed by atoms with E-state index >= 15 is 0 Å². The van der Waals surface area contributed by atoms with Gasteiger partial charge in [0.05, 0.1) is 11.8 Å². The van der Waals surface area contributed by atoms with Gasteiger partial charge in [-0.1, -0.05) is 38.7 Å². The summed E-state index contributed by atoms with van der Waals surface area (Å²) in [6, 6.07) is 5.14. The third-order valence-corrected chi connectivity index (χ3v) is 4.81. The molecule has 0 aliphatic carbocycles. The zero-order valence-corrected chi connectivity index (χ0v) is 15.3. The Morgan fingerprint density at radius 1 is 1.24 bits per heavy atom. The summed E-state index contributed by atoms with van der Waals surface area (Å²) < 4.78 is 14.4. The fraction of sp³-hybridized carbons (Fsp3) is 0.650. The zero-order valence-electron chi connectivity index (χ0n) is 15.3. The Labute approximate surface area is 150 Å². The summed E-state index contributed by atoms with van der Waals surface area (Å²) >= 11 is 0. The van der Waals surface area contributed by atoms with Crippen molar-refractivity contribution < 1.29 is 14.3 Å². The SMILES string of the molecule is CCCCCCCC(=O)NCc1ccc(N2CCC(O)CC2)c(F)c1. The Kier molecular flexibility index (Phi) is 8.19. The second-order valence-corrected chi connectivity index (χ2v) is 6.94. The van der Waals surface area contributed by atoms with Gasteiger partial charge in [0.15, 0.2) is 0 Å². The molecule has 0 unspecified atom stereocenters. The minimum Gasteiger partial charge on any atom is -0.393 e. The van der Waals surface area contributed by atoms with Crippen molar-refractivity contribution >= 4 is 11.6 Å². The number of aliphatic hydroxyl groups is 1. The molecule has 1 heterocycles. The quantitative estimate of drug-likeness (QED) is 0.667. The Bertz CT molecular complexity index is 542. The lowest BCUT2D eigenvalue weighted by Gasteiger charge is -2.31. The molecule has 0 radical (unpaired) electrons. The fourth-order valence-corrected chi connectivity index (χ4v) is 3.20. The first-order valence-electron chi connectivity index (χ1n) is 9.58. The van der Waals surface area contributed by atoms with Crippen LogP contribution in [0.1, 0.15) is 63.9 Å². The number of benzene rings is 1. The van der Waals surface area contributed by atoms with E-state index in [-0.39, 0.29) is 17.8 Å². The summed E-state index contributed by atoms with van der Waals surface area (Å²) in [4.78, 5) is 13.8. The summed E-state index contributed by atoms with van der Waals surface area (Å²) in [5.74, 6) is -0.228. The van der Waals surface area contributed by atoms with Crippen molar-refractivity contribution in [2.45, 2.75) is 70.9 Å². The van der Waals surface area contributed by atoms with Crippen molar-refractivity contribution in [3.05, 3.63) is 29.6 Å². The second kappa shape index (κ2) is 10.4. The van der Waals surface area contributed by atoms with Gasteiger partial charge in [0.25, 0.3) is 0 Å². The van der Waals surface area contributed by atoms with Gasteiger partial charge in [-0.25, -0.2) is 4.39 Å². The van der Waals surface area contributed by atoms with Gasteiger partial charge in [0.2, 0.25) is 5.91 Å². The number of anilines is 1. The van der Waals surface area contributed by atoms with E-state index in [2.05, 4.69) is 12.2 Å². The first kappa shape index (κ1) is 19.7. The molecule has 2 rings (SSSR count). The maximum absolute atomic E-state index is 14.4. The molecule has 25 heavy (non-hydrogen) atoms. The normalized spacial score (nSPS) is 15.4. The van der Waals surface area contributed by atoms with Gasteiger partial charge in [-0.3, -0.25) is 4.79 Å². The monoisotopic (exact) mass is 350 g/mol. The van der Waals surface area contributed by atoms with E-state index in [4.69, 9.17) is 0 Å². The second-order valence-electron chi connectivity index (χ2n) is 6.94. The largest absolute Gasteiger partial charge is 0.393 e. The van der Waals surface area contributed by atoms with E-state index in [1.54, 1.807) is 6.07 Å². The molecule has 1 aliphatic rings. The van der Waals surface area contributed by atoms with E-state index in [9.17, 15) is 14.3 Å². The lowest BCUT2D eigenvalue weighted by molar-refractivity contribution is -0.121. The molecule has 1 aromatic rings. The van der Waals surface area contributed by atoms with Crippen molar-refractivity contribution in [1.29, 1.82) is 0 Å². The third-order valence-electron chi connectivity index (χ3n) is 4.81. The van der Waals surface area contributed by atoms with Crippen LogP contribution in [-0.4, -0.2) is 30.2 Å². The van der Waals surface area contributed by atoms with Crippen LogP contribution in [0.5, 0.6) is 0 Å². The molecule has 0 spiro atoms. The zero-order chi connectivity index (χ0) is 18.1. The number of hydrogen-bond acceptors (Lipinski definition) is 3. The maximum atomic E-state index is 14.4. The molecule has 2 N–H and O–H groups in total. The number of rotatable bonds is 9. The summed E-state index contributed by atoms with van der Waals surface area (Å²) in [6.45, 7) is 3.88. The van der Waals surface area contributed by atoms with E-state index in [0.717, 1.165) is 18.4 Å². The predicted octanol–water partition coefficient (Wildman–Crippen LogP) is 3.76. The van der Waals surface area contributed by atoms with Crippen LogP contribution in [0.15, 0.2) is 18.2 Å². The molecule has 0 atom stereocenters. The number of carbonyl (C=O) groups excluding carboxylic acids is 1. The molecule has 0 saturated carbocycles. The number of aliphatic hydroxyl groups excluding tert-OH is 1. The van der Waals surface area contributed by atoms with Crippen LogP contribution in [0.2, 0.25) is 0 Å². The van der Waals surface area contributed by atoms with Crippen LogP contribution in [0.25, 0.3) is 0 Å². The Balaban J connectivity index is 1.75. The first-order valence-corrected chi connectivity index (χ1v) is 9.58. The number of nitrogens with one attached hydrogen (secondary N) is 1. The van der Waals surface area contributed by atoms with Crippen molar-refractivity contribution in [1.82, 2.24) is 5.32 Å². The minimum absolute atomic E-state index is 0.0333. The van der Waals surface area contributed by atoms with E-state index < -0.39 is 0 Å². The molecular formula is C20H31FN2O2. The van der Waals surface area contributed by atoms with Crippen molar-refractivity contribution in [3.63, 3.8) is 0 Å². The van der Waals surface area contributed by atoms with E-state index in [1.807, 2.05) is 11.0 Å². The molecule has 4 nitrogen and oxygen atoms in total. The summed E-state index contributed by atoms with van der Waals surface area (Å²) in [5, 5.41) is 12.4. The number of piperidine rings is 1. The number of nitrogens with zero attached hydrogens (tertiary/aromatic N) is 1. The van der Waals surface area contributed by atoms with Gasteiger partial charge >= 0.3 is 0 Å². The van der Waals surface area contributed by atoms with Crippen molar-refractivity contribution in [3.8, 4) is 0 Å². The average molecular weight is 350 g/mol. The van der Waals surface area contributed by atoms with Crippen LogP contribution >= 0.6 is 0 Å². The molecule has 0 aromatic heterocycles. The van der Waals surface area contributed by atoms with Crippen LogP contribution in [0.4, 0.5) is 10.1 Å². The van der Waals surface area contributed by atoms with Gasteiger partial charge < -0.3 is 15.3 Å². The summed E-state index contributed by atoms with van der Waals surface area (Å²) in [7, 11) is 0. The fourth-order valence-electron chi connectivity index (χ4n) is 3.20. The van der Waals surface area contributed by atoms with Crippen LogP contribution in [0.3, 0.4) is 0 Å². The van der Waals surface area contributed by atoms with Gasteiger partial charge in [0, 0.05) is 26.1 Å². The molecule has 1 saturated heterocycles. The molecular weight excluding hydrogens is 319 g/mol. The number of unbranched alkanes of at least 4 members (excludes halogenated alkanes) is 4. The number of amides is 1. The third kappa shape index (κ3) is 6.65. The Morgan fingerprint density at radius 2 is 1.96 bits per heavy atom. The highest BCUT2D eigenvalue weighted by atomic mass is 19.1. The molecule has 1 amide bonds. The lowest BCUT2D eigenvalue weighted by Crippen LogP contribution is -2.36. The Hall–Kier alpha value is -1.62. The molecule has 1 fully saturated rings. The molecule has 1 aliphatic heterocycles. The molecule has 140 valence electrons. The van der Waals surface area contributed by atoms with Crippen LogP contribution in [-0.2, 0) is 11.3 Å². The number of halogens is 1. The number of carbonyl (C=O) groups is 1. The van der Waals surface area contributed by atoms with Gasteiger partial charge in [-0.05, 0) is 37.0 Å². The average Bonchev–Trinajstić information content (AvgIpc) is 2.61. The molecule has 0 bridgehead atoms. The highest BCUT2D eigenvalue weighted by Crippen LogP contribution is 2.24. The maximum Gasteiger partial charge on any atom is 0.220 e. The van der Waals surface area contributed by atoms with Crippen molar-refractivity contribution in [2.24, 2.45) is 0 Å². The van der Waals surface area contributed by atoms with Gasteiger partial charge in [-0.2, -0.15) is 0 Å². The first-order chi connectivity index (χ1) is 12.1. The van der Waals surface area contributed by atoms with Crippen LogP contribution < -0.4 is 10.2 Å². The molecule has 5 heteroatoms. The van der Waals surface area contributed by atoms with E-state index in [1.165, 1.54) is 25.3 Å². The summed E-state index contributed by atoms with van der Waals surface area (Å²) in [6.07, 6.45) is 7.25. The van der Waals surface area contributed by atoms with Gasteiger partial charge in [0.1, 0.15) is 5.82 Å². The minimum atomic E-state index is -0.268. The lowest BCUT2D eigenvalue weighted by atomic mass is 10.1. The highest BCUT2D eigenvalue weighted by Gasteiger charge is 2.19. The van der Waals surface area contributed by atoms with E-state index in [0.29, 0.717) is 44.6 Å². The van der Waals surface area contributed by atoms with Gasteiger partial charge in [-0.15, -0.1) is 0 Å².